The second-order valence-corrected chi connectivity index (χ2v) is 2.93. The molecule has 0 unspecified atom stereocenters. The van der Waals surface area contributed by atoms with Crippen molar-refractivity contribution in [3.8, 4) is 0 Å². The molecular formula is C9H11ClFNO. The third kappa shape index (κ3) is 3.30. The van der Waals surface area contributed by atoms with Crippen LogP contribution in [0.5, 0.6) is 0 Å². The maximum atomic E-state index is 13.0. The third-order valence-electron chi connectivity index (χ3n) is 1.52. The second kappa shape index (κ2) is 5.17. The minimum atomic E-state index is -0.281. The number of hydrogen-bond donors (Lipinski definition) is 1. The van der Waals surface area contributed by atoms with Crippen LogP contribution in [0.1, 0.15) is 12.5 Å². The van der Waals surface area contributed by atoms with Gasteiger partial charge in [0.1, 0.15) is 5.82 Å². The summed E-state index contributed by atoms with van der Waals surface area (Å²) in [6, 6.07) is 4.43. The van der Waals surface area contributed by atoms with E-state index in [0.717, 1.165) is 0 Å². The molecule has 0 aliphatic rings. The summed E-state index contributed by atoms with van der Waals surface area (Å²) in [7, 11) is 0. The van der Waals surface area contributed by atoms with Gasteiger partial charge >= 0.3 is 0 Å². The minimum absolute atomic E-state index is 0.281. The van der Waals surface area contributed by atoms with Crippen LogP contribution in [0.2, 0.25) is 5.02 Å². The molecule has 0 aromatic heterocycles. The molecule has 0 heterocycles. The number of rotatable bonds is 4. The van der Waals surface area contributed by atoms with Gasteiger partial charge in [-0.3, -0.25) is 0 Å². The summed E-state index contributed by atoms with van der Waals surface area (Å²) in [6.45, 7) is 2.71. The van der Waals surface area contributed by atoms with Crippen molar-refractivity contribution in [3.63, 3.8) is 0 Å². The largest absolute Gasteiger partial charge is 0.302 e. The normalized spacial score (nSPS) is 10.4. The Labute approximate surface area is 81.6 Å². The summed E-state index contributed by atoms with van der Waals surface area (Å²) in [5.74, 6) is -0.281. The van der Waals surface area contributed by atoms with Crippen LogP contribution in [0.15, 0.2) is 18.2 Å². The van der Waals surface area contributed by atoms with Gasteiger partial charge in [-0.2, -0.15) is 5.48 Å². The van der Waals surface area contributed by atoms with Crippen LogP contribution in [0.3, 0.4) is 0 Å². The molecule has 0 radical (unpaired) electrons. The molecule has 1 N–H and O–H groups in total. The SMILES string of the molecule is CCONCc1cc(Cl)ccc1F. The van der Waals surface area contributed by atoms with Gasteiger partial charge in [-0.05, 0) is 25.1 Å². The van der Waals surface area contributed by atoms with Crippen LogP contribution >= 0.6 is 11.6 Å². The van der Waals surface area contributed by atoms with Gasteiger partial charge in [0, 0.05) is 17.1 Å². The van der Waals surface area contributed by atoms with Crippen LogP contribution in [-0.2, 0) is 11.4 Å². The Hall–Kier alpha value is -0.640. The zero-order chi connectivity index (χ0) is 9.68. The van der Waals surface area contributed by atoms with E-state index in [4.69, 9.17) is 16.4 Å². The van der Waals surface area contributed by atoms with Gasteiger partial charge in [-0.1, -0.05) is 11.6 Å². The number of hydrogen-bond acceptors (Lipinski definition) is 2. The van der Waals surface area contributed by atoms with Gasteiger partial charge in [0.05, 0.1) is 6.61 Å². The molecule has 13 heavy (non-hydrogen) atoms. The molecule has 0 bridgehead atoms. The average Bonchev–Trinajstić information content (AvgIpc) is 2.11. The maximum Gasteiger partial charge on any atom is 0.127 e. The topological polar surface area (TPSA) is 21.3 Å². The van der Waals surface area contributed by atoms with E-state index in [0.29, 0.717) is 23.7 Å². The van der Waals surface area contributed by atoms with E-state index in [1.165, 1.54) is 12.1 Å². The lowest BCUT2D eigenvalue weighted by molar-refractivity contribution is 0.0457. The predicted molar refractivity (Wildman–Crippen MR) is 49.9 cm³/mol. The van der Waals surface area contributed by atoms with E-state index in [1.807, 2.05) is 6.92 Å². The Morgan fingerprint density at radius 1 is 1.54 bits per heavy atom. The molecule has 4 heteroatoms. The van der Waals surface area contributed by atoms with Crippen molar-refractivity contribution < 1.29 is 9.23 Å². The first-order chi connectivity index (χ1) is 6.24. The Kier molecular flexibility index (Phi) is 4.15. The average molecular weight is 204 g/mol. The zero-order valence-electron chi connectivity index (χ0n) is 7.31. The number of hydroxylamine groups is 1. The molecular weight excluding hydrogens is 193 g/mol. The van der Waals surface area contributed by atoms with Gasteiger partial charge in [0.15, 0.2) is 0 Å². The van der Waals surface area contributed by atoms with Gasteiger partial charge in [-0.25, -0.2) is 4.39 Å². The fourth-order valence-corrected chi connectivity index (χ4v) is 1.10. The summed E-state index contributed by atoms with van der Waals surface area (Å²) in [6.07, 6.45) is 0. The van der Waals surface area contributed by atoms with Crippen LogP contribution in [0, 0.1) is 5.82 Å². The molecule has 0 spiro atoms. The lowest BCUT2D eigenvalue weighted by Gasteiger charge is -2.05. The van der Waals surface area contributed by atoms with Crippen molar-refractivity contribution >= 4 is 11.6 Å². The molecule has 0 saturated heterocycles. The van der Waals surface area contributed by atoms with Crippen LogP contribution in [0.25, 0.3) is 0 Å². The van der Waals surface area contributed by atoms with E-state index in [9.17, 15) is 4.39 Å². The van der Waals surface area contributed by atoms with Crippen molar-refractivity contribution in [2.75, 3.05) is 6.61 Å². The highest BCUT2D eigenvalue weighted by Gasteiger charge is 2.01. The molecule has 1 aromatic rings. The number of benzene rings is 1. The first-order valence-electron chi connectivity index (χ1n) is 4.02. The standard InChI is InChI=1S/C9H11ClFNO/c1-2-13-12-6-7-5-8(10)3-4-9(7)11/h3-5,12H,2,6H2,1H3. The smallest absolute Gasteiger partial charge is 0.127 e. The Bertz CT molecular complexity index is 280. The Morgan fingerprint density at radius 3 is 3.00 bits per heavy atom. The van der Waals surface area contributed by atoms with Crippen LogP contribution < -0.4 is 5.48 Å². The quantitative estimate of drug-likeness (QED) is 0.600. The molecule has 0 amide bonds. The zero-order valence-corrected chi connectivity index (χ0v) is 8.07. The number of nitrogens with one attached hydrogen (secondary N) is 1. The first-order valence-corrected chi connectivity index (χ1v) is 4.40. The molecule has 0 aliphatic carbocycles. The summed E-state index contributed by atoms with van der Waals surface area (Å²) in [5.41, 5.74) is 3.12. The highest BCUT2D eigenvalue weighted by atomic mass is 35.5. The molecule has 72 valence electrons. The maximum absolute atomic E-state index is 13.0. The fourth-order valence-electron chi connectivity index (χ4n) is 0.910. The predicted octanol–water partition coefficient (Wildman–Crippen LogP) is 2.52. The summed E-state index contributed by atoms with van der Waals surface area (Å²) in [4.78, 5) is 4.87. The highest BCUT2D eigenvalue weighted by molar-refractivity contribution is 6.30. The lowest BCUT2D eigenvalue weighted by atomic mass is 10.2. The molecule has 0 saturated carbocycles. The molecule has 1 aromatic carbocycles. The molecule has 0 atom stereocenters. The minimum Gasteiger partial charge on any atom is -0.302 e. The Morgan fingerprint density at radius 2 is 2.31 bits per heavy atom. The molecule has 0 aliphatic heterocycles. The Balaban J connectivity index is 2.59. The van der Waals surface area contributed by atoms with E-state index in [1.54, 1.807) is 6.07 Å². The van der Waals surface area contributed by atoms with Gasteiger partial charge < -0.3 is 4.84 Å². The van der Waals surface area contributed by atoms with Crippen molar-refractivity contribution in [2.24, 2.45) is 0 Å². The van der Waals surface area contributed by atoms with Gasteiger partial charge in [-0.15, -0.1) is 0 Å². The van der Waals surface area contributed by atoms with Crippen LogP contribution in [0.4, 0.5) is 4.39 Å². The summed E-state index contributed by atoms with van der Waals surface area (Å²) in [5, 5.41) is 0.523. The summed E-state index contributed by atoms with van der Waals surface area (Å²) >= 11 is 5.69. The fraction of sp³-hybridized carbons (Fsp3) is 0.333. The van der Waals surface area contributed by atoms with Crippen LogP contribution in [-0.4, -0.2) is 6.61 Å². The van der Waals surface area contributed by atoms with E-state index in [-0.39, 0.29) is 5.82 Å². The monoisotopic (exact) mass is 203 g/mol. The third-order valence-corrected chi connectivity index (χ3v) is 1.75. The first kappa shape index (κ1) is 10.4. The van der Waals surface area contributed by atoms with Crippen molar-refractivity contribution in [1.82, 2.24) is 5.48 Å². The molecule has 1 rings (SSSR count). The van der Waals surface area contributed by atoms with E-state index >= 15 is 0 Å². The van der Waals surface area contributed by atoms with Crippen molar-refractivity contribution in [2.45, 2.75) is 13.5 Å². The summed E-state index contributed by atoms with van der Waals surface area (Å²) < 4.78 is 13.0. The number of halogens is 2. The van der Waals surface area contributed by atoms with Crippen molar-refractivity contribution in [3.05, 3.63) is 34.6 Å². The molecule has 0 fully saturated rings. The second-order valence-electron chi connectivity index (χ2n) is 2.49. The van der Waals surface area contributed by atoms with E-state index in [2.05, 4.69) is 5.48 Å². The van der Waals surface area contributed by atoms with E-state index < -0.39 is 0 Å². The van der Waals surface area contributed by atoms with Gasteiger partial charge in [0.25, 0.3) is 0 Å². The van der Waals surface area contributed by atoms with Gasteiger partial charge in [0.2, 0.25) is 0 Å². The lowest BCUT2D eigenvalue weighted by Crippen LogP contribution is -2.14. The highest BCUT2D eigenvalue weighted by Crippen LogP contribution is 2.14. The van der Waals surface area contributed by atoms with Crippen molar-refractivity contribution in [1.29, 1.82) is 0 Å². The molecule has 2 nitrogen and oxygen atoms in total.